The highest BCUT2D eigenvalue weighted by Gasteiger charge is 2.13. The molecule has 3 aromatic rings. The number of hydrogen-bond donors (Lipinski definition) is 3. The average Bonchev–Trinajstić information content (AvgIpc) is 3.14. The summed E-state index contributed by atoms with van der Waals surface area (Å²) >= 11 is 0. The van der Waals surface area contributed by atoms with Crippen LogP contribution in [0.5, 0.6) is 0 Å². The van der Waals surface area contributed by atoms with Gasteiger partial charge < -0.3 is 17.2 Å². The first kappa shape index (κ1) is 16.7. The van der Waals surface area contributed by atoms with E-state index in [1.165, 1.54) is 37.1 Å². The lowest BCUT2D eigenvalue weighted by molar-refractivity contribution is 0.331. The number of anilines is 3. The summed E-state index contributed by atoms with van der Waals surface area (Å²) < 4.78 is 0. The maximum Gasteiger partial charge on any atom is 0.149 e. The van der Waals surface area contributed by atoms with Crippen molar-refractivity contribution in [2.45, 2.75) is 25.8 Å². The van der Waals surface area contributed by atoms with Crippen LogP contribution < -0.4 is 17.2 Å². The van der Waals surface area contributed by atoms with E-state index in [1.807, 2.05) is 12.1 Å². The fraction of sp³-hybridized carbons (Fsp3) is 0.286. The number of aromatic nitrogens is 1. The van der Waals surface area contributed by atoms with Gasteiger partial charge in [-0.3, -0.25) is 4.90 Å². The molecule has 2 aromatic carbocycles. The van der Waals surface area contributed by atoms with E-state index in [4.69, 9.17) is 17.2 Å². The Balaban J connectivity index is 1.60. The molecule has 1 fully saturated rings. The van der Waals surface area contributed by atoms with Gasteiger partial charge in [0.15, 0.2) is 0 Å². The van der Waals surface area contributed by atoms with Gasteiger partial charge >= 0.3 is 0 Å². The Morgan fingerprint density at radius 3 is 2.27 bits per heavy atom. The number of benzene rings is 2. The second kappa shape index (κ2) is 6.84. The van der Waals surface area contributed by atoms with Crippen LogP contribution in [0.2, 0.25) is 0 Å². The van der Waals surface area contributed by atoms with Gasteiger partial charge in [0.25, 0.3) is 0 Å². The summed E-state index contributed by atoms with van der Waals surface area (Å²) in [6.07, 6.45) is 3.43. The first-order valence-electron chi connectivity index (χ1n) is 9.14. The van der Waals surface area contributed by atoms with Gasteiger partial charge in [0.05, 0.1) is 16.9 Å². The van der Waals surface area contributed by atoms with Crippen molar-refractivity contribution in [3.63, 3.8) is 0 Å². The van der Waals surface area contributed by atoms with Crippen LogP contribution in [0.4, 0.5) is 17.2 Å². The molecule has 0 unspecified atom stereocenters. The van der Waals surface area contributed by atoms with Crippen LogP contribution in [0.3, 0.4) is 0 Å². The largest absolute Gasteiger partial charge is 0.396 e. The van der Waals surface area contributed by atoms with E-state index < -0.39 is 0 Å². The Morgan fingerprint density at radius 1 is 0.846 bits per heavy atom. The number of fused-ring (bicyclic) bond motifs is 1. The fourth-order valence-electron chi connectivity index (χ4n) is 3.78. The molecule has 1 aliphatic heterocycles. The lowest BCUT2D eigenvalue weighted by Gasteiger charge is -2.15. The molecule has 6 N–H and O–H groups in total. The minimum atomic E-state index is 0.290. The number of likely N-dealkylation sites (tertiary alicyclic amines) is 1. The number of hydrogen-bond acceptors (Lipinski definition) is 5. The molecule has 2 heterocycles. The molecule has 1 aliphatic rings. The van der Waals surface area contributed by atoms with Gasteiger partial charge in [-0.15, -0.1) is 0 Å². The van der Waals surface area contributed by atoms with Crippen LogP contribution in [0, 0.1) is 0 Å². The third-order valence-electron chi connectivity index (χ3n) is 5.23. The number of rotatable bonds is 4. The van der Waals surface area contributed by atoms with Crippen molar-refractivity contribution in [1.29, 1.82) is 0 Å². The van der Waals surface area contributed by atoms with Gasteiger partial charge in [0.2, 0.25) is 0 Å². The van der Waals surface area contributed by atoms with Gasteiger partial charge in [-0.1, -0.05) is 36.4 Å². The predicted octanol–water partition coefficient (Wildman–Crippen LogP) is 3.17. The molecule has 5 nitrogen and oxygen atoms in total. The van der Waals surface area contributed by atoms with E-state index in [2.05, 4.69) is 40.2 Å². The Hall–Kier alpha value is -2.79. The van der Waals surface area contributed by atoms with E-state index in [1.54, 1.807) is 0 Å². The number of nitrogen functional groups attached to an aromatic ring is 3. The van der Waals surface area contributed by atoms with Crippen LogP contribution in [-0.4, -0.2) is 23.0 Å². The van der Waals surface area contributed by atoms with Gasteiger partial charge in [0.1, 0.15) is 5.82 Å². The molecular weight excluding hydrogens is 322 g/mol. The summed E-state index contributed by atoms with van der Waals surface area (Å²) in [6.45, 7) is 3.48. The fourth-order valence-corrected chi connectivity index (χ4v) is 3.78. The molecule has 5 heteroatoms. The summed E-state index contributed by atoms with van der Waals surface area (Å²) in [6, 6.07) is 14.8. The zero-order chi connectivity index (χ0) is 18.1. The highest BCUT2D eigenvalue weighted by Crippen LogP contribution is 2.32. The minimum absolute atomic E-state index is 0.290. The number of nitrogens with zero attached hydrogens (tertiary/aromatic N) is 2. The topological polar surface area (TPSA) is 94.2 Å². The lowest BCUT2D eigenvalue weighted by Crippen LogP contribution is -2.18. The Morgan fingerprint density at radius 2 is 1.54 bits per heavy atom. The second-order valence-corrected chi connectivity index (χ2v) is 7.11. The van der Waals surface area contributed by atoms with Crippen LogP contribution in [0.15, 0.2) is 42.5 Å². The number of pyridine rings is 1. The van der Waals surface area contributed by atoms with Crippen LogP contribution in [0.25, 0.3) is 10.9 Å². The van der Waals surface area contributed by atoms with Gasteiger partial charge in [-0.25, -0.2) is 4.98 Å². The van der Waals surface area contributed by atoms with Crippen molar-refractivity contribution in [2.24, 2.45) is 0 Å². The summed E-state index contributed by atoms with van der Waals surface area (Å²) in [5, 5.41) is 0.903. The highest BCUT2D eigenvalue weighted by atomic mass is 15.1. The minimum Gasteiger partial charge on any atom is -0.396 e. The summed E-state index contributed by atoms with van der Waals surface area (Å²) in [5.41, 5.74) is 23.5. The van der Waals surface area contributed by atoms with E-state index in [-0.39, 0.29) is 0 Å². The highest BCUT2D eigenvalue weighted by molar-refractivity contribution is 6.01. The summed E-state index contributed by atoms with van der Waals surface area (Å²) in [7, 11) is 0. The maximum absolute atomic E-state index is 6.24. The van der Waals surface area contributed by atoms with E-state index in [9.17, 15) is 0 Å². The monoisotopic (exact) mass is 347 g/mol. The van der Waals surface area contributed by atoms with Gasteiger partial charge in [0, 0.05) is 11.9 Å². The quantitative estimate of drug-likeness (QED) is 0.674. The normalized spacial score (nSPS) is 14.9. The standard InChI is InChI=1S/C21H25N5/c22-19-18-16(4-3-5-17(18)25-21(24)20(19)23)12-14-6-8-15(9-7-14)13-26-10-1-2-11-26/h3-9H,1-2,10-13,23H2,(H4,22,24,25). The van der Waals surface area contributed by atoms with Crippen LogP contribution >= 0.6 is 0 Å². The molecule has 0 spiro atoms. The third-order valence-corrected chi connectivity index (χ3v) is 5.23. The van der Waals surface area contributed by atoms with Crippen molar-refractivity contribution < 1.29 is 0 Å². The van der Waals surface area contributed by atoms with Crippen molar-refractivity contribution >= 4 is 28.1 Å². The molecule has 0 bridgehead atoms. The molecule has 134 valence electrons. The molecule has 1 saturated heterocycles. The summed E-state index contributed by atoms with van der Waals surface area (Å²) in [4.78, 5) is 6.89. The molecule has 26 heavy (non-hydrogen) atoms. The first-order valence-corrected chi connectivity index (χ1v) is 9.14. The SMILES string of the molecule is Nc1nc2cccc(Cc3ccc(CN4CCCC4)cc3)c2c(N)c1N. The zero-order valence-electron chi connectivity index (χ0n) is 14.9. The zero-order valence-corrected chi connectivity index (χ0v) is 14.9. The Kier molecular flexibility index (Phi) is 4.39. The van der Waals surface area contributed by atoms with Crippen molar-refractivity contribution in [3.8, 4) is 0 Å². The average molecular weight is 347 g/mol. The molecule has 0 amide bonds. The Labute approximate surface area is 153 Å². The van der Waals surface area contributed by atoms with Crippen LogP contribution in [0.1, 0.15) is 29.5 Å². The molecule has 0 atom stereocenters. The molecule has 0 saturated carbocycles. The Bertz CT molecular complexity index is 927. The molecule has 0 radical (unpaired) electrons. The lowest BCUT2D eigenvalue weighted by atomic mass is 9.98. The molecular formula is C21H25N5. The molecule has 0 aliphatic carbocycles. The van der Waals surface area contributed by atoms with Crippen molar-refractivity contribution in [2.75, 3.05) is 30.3 Å². The summed E-state index contributed by atoms with van der Waals surface area (Å²) in [5.74, 6) is 0.290. The number of nitrogens with two attached hydrogens (primary N) is 3. The van der Waals surface area contributed by atoms with E-state index in [0.29, 0.717) is 17.2 Å². The maximum atomic E-state index is 6.24. The van der Waals surface area contributed by atoms with Crippen LogP contribution in [-0.2, 0) is 13.0 Å². The third kappa shape index (κ3) is 3.18. The van der Waals surface area contributed by atoms with E-state index in [0.717, 1.165) is 29.4 Å². The molecule has 1 aromatic heterocycles. The van der Waals surface area contributed by atoms with E-state index >= 15 is 0 Å². The van der Waals surface area contributed by atoms with Gasteiger partial charge in [-0.05, 0) is 55.1 Å². The van der Waals surface area contributed by atoms with Crippen molar-refractivity contribution in [3.05, 3.63) is 59.2 Å². The first-order chi connectivity index (χ1) is 12.6. The second-order valence-electron chi connectivity index (χ2n) is 7.11. The molecule has 4 rings (SSSR count). The van der Waals surface area contributed by atoms with Crippen molar-refractivity contribution in [1.82, 2.24) is 9.88 Å². The predicted molar refractivity (Wildman–Crippen MR) is 109 cm³/mol. The smallest absolute Gasteiger partial charge is 0.149 e. The van der Waals surface area contributed by atoms with Gasteiger partial charge in [-0.2, -0.15) is 0 Å².